The number of piperidine rings is 1. The van der Waals surface area contributed by atoms with Gasteiger partial charge in [0.2, 0.25) is 11.0 Å². The lowest BCUT2D eigenvalue weighted by atomic mass is 9.92. The van der Waals surface area contributed by atoms with Crippen molar-refractivity contribution in [3.63, 3.8) is 0 Å². The minimum atomic E-state index is 0.128. The summed E-state index contributed by atoms with van der Waals surface area (Å²) in [6, 6.07) is 0. The molecule has 0 aromatic carbocycles. The first-order valence-corrected chi connectivity index (χ1v) is 6.83. The molecule has 1 aromatic rings. The summed E-state index contributed by atoms with van der Waals surface area (Å²) in [6.07, 6.45) is 3.29. The Morgan fingerprint density at radius 2 is 2.24 bits per heavy atom. The fourth-order valence-corrected chi connectivity index (χ4v) is 3.33. The normalized spacial score (nSPS) is 25.8. The molecule has 17 heavy (non-hydrogen) atoms. The second-order valence-electron chi connectivity index (χ2n) is 4.98. The second kappa shape index (κ2) is 4.03. The van der Waals surface area contributed by atoms with Crippen molar-refractivity contribution in [1.82, 2.24) is 15.5 Å². The summed E-state index contributed by atoms with van der Waals surface area (Å²) < 4.78 is 0. The zero-order chi connectivity index (χ0) is 11.9. The van der Waals surface area contributed by atoms with Crippen LogP contribution in [0, 0.1) is 18.3 Å². The number of nitrogens with one attached hydrogen (secondary N) is 2. The summed E-state index contributed by atoms with van der Waals surface area (Å²) in [4.78, 5) is 12.1. The molecule has 1 unspecified atom stereocenters. The molecule has 2 aliphatic rings. The van der Waals surface area contributed by atoms with E-state index < -0.39 is 0 Å². The lowest BCUT2D eigenvalue weighted by Gasteiger charge is -2.22. The predicted octanol–water partition coefficient (Wildman–Crippen LogP) is 1.17. The molecular formula is C11H16N4OS. The number of carbonyl (C=O) groups is 1. The molecule has 3 rings (SSSR count). The molecule has 2 heterocycles. The predicted molar refractivity (Wildman–Crippen MR) is 65.9 cm³/mol. The quantitative estimate of drug-likeness (QED) is 0.829. The Hall–Kier alpha value is -1.01. The largest absolute Gasteiger partial charge is 0.317 e. The highest BCUT2D eigenvalue weighted by Crippen LogP contribution is 2.58. The lowest BCUT2D eigenvalue weighted by molar-refractivity contribution is -0.118. The topological polar surface area (TPSA) is 66.9 Å². The maximum Gasteiger partial charge on any atom is 0.229 e. The molecule has 1 aliphatic carbocycles. The molecular weight excluding hydrogens is 236 g/mol. The first kappa shape index (κ1) is 11.1. The number of aromatic nitrogens is 2. The van der Waals surface area contributed by atoms with Gasteiger partial charge in [-0.3, -0.25) is 4.79 Å². The van der Waals surface area contributed by atoms with Gasteiger partial charge in [0.1, 0.15) is 5.01 Å². The van der Waals surface area contributed by atoms with E-state index in [4.69, 9.17) is 0 Å². The van der Waals surface area contributed by atoms with Gasteiger partial charge in [-0.1, -0.05) is 11.3 Å². The van der Waals surface area contributed by atoms with E-state index in [-0.39, 0.29) is 17.2 Å². The van der Waals surface area contributed by atoms with Gasteiger partial charge < -0.3 is 10.6 Å². The molecule has 1 atom stereocenters. The van der Waals surface area contributed by atoms with Crippen LogP contribution in [-0.2, 0) is 4.79 Å². The van der Waals surface area contributed by atoms with Crippen molar-refractivity contribution in [2.24, 2.45) is 11.3 Å². The Morgan fingerprint density at radius 3 is 2.88 bits per heavy atom. The van der Waals surface area contributed by atoms with Crippen LogP contribution >= 0.6 is 11.3 Å². The van der Waals surface area contributed by atoms with Crippen LogP contribution in [0.15, 0.2) is 0 Å². The third kappa shape index (κ3) is 2.07. The summed E-state index contributed by atoms with van der Waals surface area (Å²) in [6.45, 7) is 3.97. The molecule has 1 aromatic heterocycles. The molecule has 92 valence electrons. The minimum absolute atomic E-state index is 0.128. The number of aryl methyl sites for hydroxylation is 1. The fourth-order valence-electron chi connectivity index (χ4n) is 2.74. The highest BCUT2D eigenvalue weighted by Gasteiger charge is 2.57. The first-order chi connectivity index (χ1) is 8.20. The lowest BCUT2D eigenvalue weighted by Crippen LogP contribution is -2.31. The molecule has 0 bridgehead atoms. The van der Waals surface area contributed by atoms with E-state index >= 15 is 0 Å². The number of carbonyl (C=O) groups excluding carboxylic acids is 1. The van der Waals surface area contributed by atoms with E-state index in [2.05, 4.69) is 20.8 Å². The van der Waals surface area contributed by atoms with Crippen molar-refractivity contribution in [3.8, 4) is 0 Å². The van der Waals surface area contributed by atoms with Crippen molar-refractivity contribution in [2.75, 3.05) is 18.4 Å². The molecule has 2 N–H and O–H groups in total. The van der Waals surface area contributed by atoms with E-state index in [0.29, 0.717) is 5.13 Å². The van der Waals surface area contributed by atoms with Crippen LogP contribution in [0.25, 0.3) is 0 Å². The summed E-state index contributed by atoms with van der Waals surface area (Å²) in [7, 11) is 0. The molecule has 6 heteroatoms. The molecule has 1 aliphatic heterocycles. The van der Waals surface area contributed by atoms with Gasteiger partial charge in [0, 0.05) is 5.92 Å². The van der Waals surface area contributed by atoms with Gasteiger partial charge in [-0.05, 0) is 44.7 Å². The van der Waals surface area contributed by atoms with Gasteiger partial charge in [-0.15, -0.1) is 10.2 Å². The SMILES string of the molecule is Cc1nnc(NC(=O)C2CC23CCNCC3)s1. The van der Waals surface area contributed by atoms with Crippen molar-refractivity contribution >= 4 is 22.4 Å². The number of anilines is 1. The molecule has 1 spiro atoms. The Bertz CT molecular complexity index is 438. The number of hydrogen-bond acceptors (Lipinski definition) is 5. The molecule has 1 saturated carbocycles. The molecule has 5 nitrogen and oxygen atoms in total. The Labute approximate surface area is 104 Å². The third-order valence-electron chi connectivity index (χ3n) is 3.86. The van der Waals surface area contributed by atoms with Crippen molar-refractivity contribution in [3.05, 3.63) is 5.01 Å². The van der Waals surface area contributed by atoms with Gasteiger partial charge in [0.15, 0.2) is 0 Å². The number of rotatable bonds is 2. The molecule has 0 radical (unpaired) electrons. The van der Waals surface area contributed by atoms with Crippen molar-refractivity contribution in [2.45, 2.75) is 26.2 Å². The van der Waals surface area contributed by atoms with Crippen LogP contribution in [0.3, 0.4) is 0 Å². The van der Waals surface area contributed by atoms with Gasteiger partial charge in [-0.25, -0.2) is 0 Å². The highest BCUT2D eigenvalue weighted by molar-refractivity contribution is 7.15. The van der Waals surface area contributed by atoms with E-state index in [1.165, 1.54) is 11.3 Å². The maximum absolute atomic E-state index is 12.1. The molecule has 1 saturated heterocycles. The Balaban J connectivity index is 1.61. The summed E-state index contributed by atoms with van der Waals surface area (Å²) in [5.74, 6) is 0.317. The summed E-state index contributed by atoms with van der Waals surface area (Å²) in [5, 5.41) is 15.6. The second-order valence-corrected chi connectivity index (χ2v) is 6.17. The standard InChI is InChI=1S/C11H16N4OS/c1-7-14-15-10(17-7)13-9(16)8-6-11(8)2-4-12-5-3-11/h8,12H,2-6H2,1H3,(H,13,15,16). The number of amides is 1. The first-order valence-electron chi connectivity index (χ1n) is 6.01. The van der Waals surface area contributed by atoms with E-state index in [1.54, 1.807) is 0 Å². The average molecular weight is 252 g/mol. The van der Waals surface area contributed by atoms with Crippen molar-refractivity contribution in [1.29, 1.82) is 0 Å². The number of hydrogen-bond donors (Lipinski definition) is 2. The Kier molecular flexibility index (Phi) is 2.63. The third-order valence-corrected chi connectivity index (χ3v) is 4.62. The van der Waals surface area contributed by atoms with E-state index in [0.717, 1.165) is 37.4 Å². The zero-order valence-electron chi connectivity index (χ0n) is 9.82. The monoisotopic (exact) mass is 252 g/mol. The smallest absolute Gasteiger partial charge is 0.229 e. The summed E-state index contributed by atoms with van der Waals surface area (Å²) in [5.41, 5.74) is 0.287. The zero-order valence-corrected chi connectivity index (χ0v) is 10.6. The van der Waals surface area contributed by atoms with E-state index in [9.17, 15) is 4.79 Å². The minimum Gasteiger partial charge on any atom is -0.317 e. The van der Waals surface area contributed by atoms with E-state index in [1.807, 2.05) is 6.92 Å². The van der Waals surface area contributed by atoms with Gasteiger partial charge in [0.05, 0.1) is 0 Å². The van der Waals surface area contributed by atoms with Gasteiger partial charge in [-0.2, -0.15) is 0 Å². The van der Waals surface area contributed by atoms with Crippen LogP contribution in [0.1, 0.15) is 24.3 Å². The van der Waals surface area contributed by atoms with Crippen molar-refractivity contribution < 1.29 is 4.79 Å². The van der Waals surface area contributed by atoms with Gasteiger partial charge >= 0.3 is 0 Å². The summed E-state index contributed by atoms with van der Waals surface area (Å²) >= 11 is 1.43. The van der Waals surface area contributed by atoms with Crippen LogP contribution in [0.2, 0.25) is 0 Å². The van der Waals surface area contributed by atoms with Crippen LogP contribution < -0.4 is 10.6 Å². The molecule has 2 fully saturated rings. The number of nitrogens with zero attached hydrogens (tertiary/aromatic N) is 2. The fraction of sp³-hybridized carbons (Fsp3) is 0.727. The highest BCUT2D eigenvalue weighted by atomic mass is 32.1. The van der Waals surface area contributed by atoms with Crippen LogP contribution in [-0.4, -0.2) is 29.2 Å². The average Bonchev–Trinajstić information content (AvgIpc) is 2.85. The Morgan fingerprint density at radius 1 is 1.47 bits per heavy atom. The van der Waals surface area contributed by atoms with Crippen LogP contribution in [0.5, 0.6) is 0 Å². The maximum atomic E-state index is 12.1. The molecule has 1 amide bonds. The van der Waals surface area contributed by atoms with Gasteiger partial charge in [0.25, 0.3) is 0 Å². The van der Waals surface area contributed by atoms with Crippen LogP contribution in [0.4, 0.5) is 5.13 Å².